The molecule has 0 saturated carbocycles. The van der Waals surface area contributed by atoms with Crippen LogP contribution in [0.1, 0.15) is 18.1 Å². The summed E-state index contributed by atoms with van der Waals surface area (Å²) in [5, 5.41) is 3.08. The molecule has 5 nitrogen and oxygen atoms in total. The molecule has 0 bridgehead atoms. The molecule has 0 unspecified atom stereocenters. The van der Waals surface area contributed by atoms with E-state index in [0.29, 0.717) is 11.7 Å². The third-order valence-electron chi connectivity index (χ3n) is 2.78. The smallest absolute Gasteiger partial charge is 0.226 e. The van der Waals surface area contributed by atoms with Gasteiger partial charge in [0.25, 0.3) is 0 Å². The number of aryl methyl sites for hydroxylation is 2. The van der Waals surface area contributed by atoms with Crippen LogP contribution in [0.15, 0.2) is 24.3 Å². The first-order chi connectivity index (χ1) is 9.08. The highest BCUT2D eigenvalue weighted by Gasteiger charge is 2.05. The van der Waals surface area contributed by atoms with Crippen LogP contribution in [0, 0.1) is 13.8 Å². The Balaban J connectivity index is 2.24. The number of hydrogen-bond donors (Lipinski definition) is 2. The van der Waals surface area contributed by atoms with E-state index in [-0.39, 0.29) is 5.95 Å². The van der Waals surface area contributed by atoms with Crippen molar-refractivity contribution in [2.45, 2.75) is 20.8 Å². The number of aromatic nitrogens is 2. The van der Waals surface area contributed by atoms with E-state index in [1.807, 2.05) is 32.0 Å². The number of rotatable bonds is 4. The maximum atomic E-state index is 5.71. The summed E-state index contributed by atoms with van der Waals surface area (Å²) in [5.74, 6) is 2.03. The fourth-order valence-corrected chi connectivity index (χ4v) is 1.66. The van der Waals surface area contributed by atoms with Gasteiger partial charge in [0, 0.05) is 12.6 Å². The standard InChI is InChI=1S/C14H18N4O/c1-4-16-12-8-13(18-14(15)17-12)19-11-6-5-9(2)10(3)7-11/h5-8H,4H2,1-3H3,(H3,15,16,17,18). The molecule has 0 fully saturated rings. The maximum Gasteiger partial charge on any atom is 0.226 e. The van der Waals surface area contributed by atoms with Gasteiger partial charge in [-0.2, -0.15) is 9.97 Å². The van der Waals surface area contributed by atoms with Crippen LogP contribution in [0.3, 0.4) is 0 Å². The van der Waals surface area contributed by atoms with Crippen LogP contribution in [0.5, 0.6) is 11.6 Å². The van der Waals surface area contributed by atoms with Crippen molar-refractivity contribution in [3.8, 4) is 11.6 Å². The predicted octanol–water partition coefficient (Wildman–Crippen LogP) is 2.90. The van der Waals surface area contributed by atoms with Crippen molar-refractivity contribution in [3.05, 3.63) is 35.4 Å². The van der Waals surface area contributed by atoms with Crippen molar-refractivity contribution in [1.82, 2.24) is 9.97 Å². The summed E-state index contributed by atoms with van der Waals surface area (Å²) in [6.45, 7) is 6.85. The van der Waals surface area contributed by atoms with Gasteiger partial charge in [-0.1, -0.05) is 6.07 Å². The van der Waals surface area contributed by atoms with Gasteiger partial charge < -0.3 is 15.8 Å². The molecule has 19 heavy (non-hydrogen) atoms. The molecule has 0 aliphatic heterocycles. The molecule has 100 valence electrons. The van der Waals surface area contributed by atoms with E-state index in [1.165, 1.54) is 11.1 Å². The van der Waals surface area contributed by atoms with Crippen molar-refractivity contribution < 1.29 is 4.74 Å². The Morgan fingerprint density at radius 2 is 1.95 bits per heavy atom. The fraction of sp³-hybridized carbons (Fsp3) is 0.286. The number of ether oxygens (including phenoxy) is 1. The van der Waals surface area contributed by atoms with Gasteiger partial charge in [-0.25, -0.2) is 0 Å². The first-order valence-electron chi connectivity index (χ1n) is 6.22. The molecular formula is C14H18N4O. The lowest BCUT2D eigenvalue weighted by molar-refractivity contribution is 0.462. The van der Waals surface area contributed by atoms with Crippen LogP contribution in [-0.2, 0) is 0 Å². The Hall–Kier alpha value is -2.30. The molecule has 0 aliphatic carbocycles. The van der Waals surface area contributed by atoms with Crippen LogP contribution in [0.2, 0.25) is 0 Å². The minimum absolute atomic E-state index is 0.192. The number of hydrogen-bond acceptors (Lipinski definition) is 5. The van der Waals surface area contributed by atoms with Crippen LogP contribution < -0.4 is 15.8 Å². The molecule has 1 heterocycles. The summed E-state index contributed by atoms with van der Waals surface area (Å²) in [4.78, 5) is 8.14. The highest BCUT2D eigenvalue weighted by atomic mass is 16.5. The molecule has 1 aromatic heterocycles. The molecular weight excluding hydrogens is 240 g/mol. The van der Waals surface area contributed by atoms with E-state index < -0.39 is 0 Å². The molecule has 0 radical (unpaired) electrons. The Kier molecular flexibility index (Phi) is 3.85. The molecule has 1 aromatic carbocycles. The SMILES string of the molecule is CCNc1cc(Oc2ccc(C)c(C)c2)nc(N)n1. The molecule has 5 heteroatoms. The van der Waals surface area contributed by atoms with Crippen LogP contribution in [-0.4, -0.2) is 16.5 Å². The zero-order chi connectivity index (χ0) is 13.8. The molecule has 0 saturated heterocycles. The normalized spacial score (nSPS) is 10.3. The molecule has 0 atom stereocenters. The summed E-state index contributed by atoms with van der Waals surface area (Å²) in [6.07, 6.45) is 0. The van der Waals surface area contributed by atoms with Crippen molar-refractivity contribution in [3.63, 3.8) is 0 Å². The summed E-state index contributed by atoms with van der Waals surface area (Å²) in [7, 11) is 0. The summed E-state index contributed by atoms with van der Waals surface area (Å²) in [5.41, 5.74) is 8.05. The molecule has 0 spiro atoms. The Morgan fingerprint density at radius 1 is 1.16 bits per heavy atom. The molecule has 0 aliphatic rings. The molecule has 2 aromatic rings. The zero-order valence-electron chi connectivity index (χ0n) is 11.4. The van der Waals surface area contributed by atoms with Gasteiger partial charge in [0.1, 0.15) is 11.6 Å². The first-order valence-corrected chi connectivity index (χ1v) is 6.22. The number of nitrogens with two attached hydrogens (primary N) is 1. The lowest BCUT2D eigenvalue weighted by Gasteiger charge is -2.09. The number of anilines is 2. The van der Waals surface area contributed by atoms with Gasteiger partial charge >= 0.3 is 0 Å². The Labute approximate surface area is 112 Å². The Bertz CT molecular complexity index is 584. The molecule has 3 N–H and O–H groups in total. The largest absolute Gasteiger partial charge is 0.439 e. The van der Waals surface area contributed by atoms with Crippen molar-refractivity contribution in [2.75, 3.05) is 17.6 Å². The van der Waals surface area contributed by atoms with Crippen molar-refractivity contribution >= 4 is 11.8 Å². The topological polar surface area (TPSA) is 73.1 Å². The van der Waals surface area contributed by atoms with E-state index in [9.17, 15) is 0 Å². The maximum absolute atomic E-state index is 5.71. The van der Waals surface area contributed by atoms with Gasteiger partial charge in [-0.15, -0.1) is 0 Å². The quantitative estimate of drug-likeness (QED) is 0.882. The fourth-order valence-electron chi connectivity index (χ4n) is 1.66. The third kappa shape index (κ3) is 3.34. The summed E-state index contributed by atoms with van der Waals surface area (Å²) in [6, 6.07) is 7.63. The van der Waals surface area contributed by atoms with E-state index in [1.54, 1.807) is 6.07 Å². The second-order valence-corrected chi connectivity index (χ2v) is 4.33. The summed E-state index contributed by atoms with van der Waals surface area (Å²) < 4.78 is 5.71. The zero-order valence-corrected chi connectivity index (χ0v) is 11.4. The average Bonchev–Trinajstić information content (AvgIpc) is 2.33. The monoisotopic (exact) mass is 258 g/mol. The van der Waals surface area contributed by atoms with E-state index in [0.717, 1.165) is 12.3 Å². The lowest BCUT2D eigenvalue weighted by atomic mass is 10.1. The Morgan fingerprint density at radius 3 is 2.63 bits per heavy atom. The van der Waals surface area contributed by atoms with E-state index in [2.05, 4.69) is 22.2 Å². The number of nitrogens with one attached hydrogen (secondary N) is 1. The first kappa shape index (κ1) is 13.1. The highest BCUT2D eigenvalue weighted by Crippen LogP contribution is 2.24. The lowest BCUT2D eigenvalue weighted by Crippen LogP contribution is -2.04. The van der Waals surface area contributed by atoms with Crippen molar-refractivity contribution in [1.29, 1.82) is 0 Å². The average molecular weight is 258 g/mol. The van der Waals surface area contributed by atoms with Gasteiger partial charge in [-0.3, -0.25) is 0 Å². The van der Waals surface area contributed by atoms with Crippen LogP contribution in [0.25, 0.3) is 0 Å². The highest BCUT2D eigenvalue weighted by molar-refractivity contribution is 5.44. The number of nitrogen functional groups attached to an aromatic ring is 1. The van der Waals surface area contributed by atoms with Gasteiger partial charge in [0.2, 0.25) is 11.8 Å². The van der Waals surface area contributed by atoms with E-state index in [4.69, 9.17) is 10.5 Å². The van der Waals surface area contributed by atoms with Gasteiger partial charge in [-0.05, 0) is 44.0 Å². The minimum atomic E-state index is 0.192. The molecule has 0 amide bonds. The van der Waals surface area contributed by atoms with Gasteiger partial charge in [0.15, 0.2) is 0 Å². The minimum Gasteiger partial charge on any atom is -0.439 e. The predicted molar refractivity (Wildman–Crippen MR) is 76.6 cm³/mol. The van der Waals surface area contributed by atoms with E-state index >= 15 is 0 Å². The number of nitrogens with zero attached hydrogens (tertiary/aromatic N) is 2. The number of benzene rings is 1. The third-order valence-corrected chi connectivity index (χ3v) is 2.78. The molecule has 2 rings (SSSR count). The van der Waals surface area contributed by atoms with Gasteiger partial charge in [0.05, 0.1) is 0 Å². The second-order valence-electron chi connectivity index (χ2n) is 4.33. The van der Waals surface area contributed by atoms with Crippen LogP contribution >= 0.6 is 0 Å². The second kappa shape index (κ2) is 5.56. The summed E-state index contributed by atoms with van der Waals surface area (Å²) >= 11 is 0. The van der Waals surface area contributed by atoms with Crippen LogP contribution in [0.4, 0.5) is 11.8 Å². The van der Waals surface area contributed by atoms with Crippen molar-refractivity contribution in [2.24, 2.45) is 0 Å².